The molecule has 28 heavy (non-hydrogen) atoms. The molecule has 3 N–H and O–H groups in total. The third-order valence-corrected chi connectivity index (χ3v) is 6.59. The summed E-state index contributed by atoms with van der Waals surface area (Å²) >= 11 is 1.67. The molecule has 1 aromatic heterocycles. The van der Waals surface area contributed by atoms with Crippen molar-refractivity contribution in [1.29, 1.82) is 0 Å². The van der Waals surface area contributed by atoms with Gasteiger partial charge < -0.3 is 6.15 Å². The second kappa shape index (κ2) is 10.1. The van der Waals surface area contributed by atoms with Crippen LogP contribution in [0.15, 0.2) is 53.3 Å². The first-order valence-electron chi connectivity index (χ1n) is 8.63. The van der Waals surface area contributed by atoms with Gasteiger partial charge in [-0.25, -0.2) is 4.89 Å². The number of fused-ring (bicyclic) bond motifs is 2. The quantitative estimate of drug-likeness (QED) is 0.271. The molecule has 0 aliphatic carbocycles. The lowest BCUT2D eigenvalue weighted by Gasteiger charge is -2.16. The lowest BCUT2D eigenvalue weighted by molar-refractivity contribution is -0.202. The Bertz CT molecular complexity index is 1010. The van der Waals surface area contributed by atoms with Crippen LogP contribution in [0.25, 0.3) is 20.2 Å². The zero-order valence-electron chi connectivity index (χ0n) is 16.6. The molecule has 6 nitrogen and oxygen atoms in total. The molecule has 0 bridgehead atoms. The monoisotopic (exact) mass is 425 g/mol. The van der Waals surface area contributed by atoms with Crippen LogP contribution in [0.3, 0.4) is 0 Å². The van der Waals surface area contributed by atoms with Crippen LogP contribution in [0.4, 0.5) is 0 Å². The van der Waals surface area contributed by atoms with E-state index in [1.807, 2.05) is 55.5 Å². The molecular weight excluding hydrogens is 398 g/mol. The molecule has 0 saturated carbocycles. The van der Waals surface area contributed by atoms with Crippen molar-refractivity contribution in [3.8, 4) is 0 Å². The Kier molecular flexibility index (Phi) is 8.72. The van der Waals surface area contributed by atoms with Crippen molar-refractivity contribution < 1.29 is 17.6 Å². The Morgan fingerprint density at radius 3 is 1.82 bits per heavy atom. The van der Waals surface area contributed by atoms with Crippen LogP contribution in [-0.2, 0) is 19.3 Å². The van der Waals surface area contributed by atoms with E-state index in [0.717, 1.165) is 26.6 Å². The first-order chi connectivity index (χ1) is 12.7. The lowest BCUT2D eigenvalue weighted by Crippen LogP contribution is -2.29. The van der Waals surface area contributed by atoms with Crippen LogP contribution in [0.5, 0.6) is 0 Å². The highest BCUT2D eigenvalue weighted by atomic mass is 32.2. The van der Waals surface area contributed by atoms with Gasteiger partial charge in [0.2, 0.25) is 0 Å². The summed E-state index contributed by atoms with van der Waals surface area (Å²) in [5, 5.41) is 1.64. The Hall–Kier alpha value is -1.84. The molecule has 0 aliphatic heterocycles. The minimum absolute atomic E-state index is 0. The van der Waals surface area contributed by atoms with Gasteiger partial charge in [0.15, 0.2) is 5.43 Å². The van der Waals surface area contributed by atoms with Gasteiger partial charge in [0, 0.05) is 20.2 Å². The summed E-state index contributed by atoms with van der Waals surface area (Å²) in [6, 6.07) is 15.5. The summed E-state index contributed by atoms with van der Waals surface area (Å²) in [5.74, 6) is 0. The predicted octanol–water partition coefficient (Wildman–Crippen LogP) is 5.05. The fourth-order valence-corrected chi connectivity index (χ4v) is 3.50. The van der Waals surface area contributed by atoms with Crippen LogP contribution in [0.2, 0.25) is 0 Å². The Balaban J connectivity index is 0.000000279. The smallest absolute Gasteiger partial charge is 0.298 e. The zero-order chi connectivity index (χ0) is 20.1. The predicted molar refractivity (Wildman–Crippen MR) is 117 cm³/mol. The van der Waals surface area contributed by atoms with Crippen LogP contribution in [-0.4, -0.2) is 19.8 Å². The van der Waals surface area contributed by atoms with E-state index >= 15 is 0 Å². The molecule has 3 rings (SSSR count). The summed E-state index contributed by atoms with van der Waals surface area (Å²) in [6.07, 6.45) is 0.722. The van der Waals surface area contributed by atoms with Gasteiger partial charge in [-0.2, -0.15) is 8.42 Å². The Morgan fingerprint density at radius 1 is 0.929 bits per heavy atom. The van der Waals surface area contributed by atoms with Crippen molar-refractivity contribution in [3.63, 3.8) is 0 Å². The van der Waals surface area contributed by atoms with Crippen LogP contribution in [0, 0.1) is 0 Å². The van der Waals surface area contributed by atoms with E-state index in [2.05, 4.69) is 9.22 Å². The summed E-state index contributed by atoms with van der Waals surface area (Å²) < 4.78 is 27.8. The first-order valence-corrected chi connectivity index (χ1v) is 10.9. The normalized spacial score (nSPS) is 11.6. The van der Waals surface area contributed by atoms with Gasteiger partial charge in [-0.3, -0.25) is 4.79 Å². The van der Waals surface area contributed by atoms with Crippen molar-refractivity contribution in [2.45, 2.75) is 38.9 Å². The molecule has 0 unspecified atom stereocenters. The third-order valence-electron chi connectivity index (χ3n) is 3.66. The van der Waals surface area contributed by atoms with Gasteiger partial charge in [-0.1, -0.05) is 31.2 Å². The minimum Gasteiger partial charge on any atom is -0.344 e. The maximum atomic E-state index is 12.1. The van der Waals surface area contributed by atoms with E-state index in [1.165, 1.54) is 0 Å². The molecule has 0 spiro atoms. The van der Waals surface area contributed by atoms with Crippen molar-refractivity contribution in [2.24, 2.45) is 0 Å². The zero-order valence-corrected chi connectivity index (χ0v) is 18.2. The first kappa shape index (κ1) is 24.2. The number of benzene rings is 2. The fraction of sp³-hybridized carbons (Fsp3) is 0.350. The topological polar surface area (TPSA) is 105 Å². The van der Waals surface area contributed by atoms with E-state index in [0.29, 0.717) is 0 Å². The Morgan fingerprint density at radius 2 is 1.39 bits per heavy atom. The van der Waals surface area contributed by atoms with Crippen LogP contribution >= 0.6 is 11.3 Å². The number of hydrogen-bond donors (Lipinski definition) is 1. The molecule has 3 aromatic rings. The fourth-order valence-electron chi connectivity index (χ4n) is 2.03. The molecule has 8 heteroatoms. The van der Waals surface area contributed by atoms with Crippen molar-refractivity contribution >= 4 is 41.6 Å². The highest BCUT2D eigenvalue weighted by Crippen LogP contribution is 2.23. The molecular formula is C20H27NO5S2. The summed E-state index contributed by atoms with van der Waals surface area (Å²) in [5.41, 5.74) is 0.139. The molecule has 0 radical (unpaired) electrons. The van der Waals surface area contributed by atoms with Gasteiger partial charge >= 0.3 is 0 Å². The molecule has 1 heterocycles. The van der Waals surface area contributed by atoms with E-state index in [1.54, 1.807) is 32.1 Å². The number of rotatable bonds is 4. The standard InChI is InChI=1S/C13H8OS.C7H16O4S.H3N/c14-13-9-5-1-3-7-11(9)15-12-8-4-2-6-10(12)13;1-5-6-10-11-12(8,9)7(2,3)4;/h1-8H;5-6H2,1-4H3;1H3. The van der Waals surface area contributed by atoms with Crippen LogP contribution in [0.1, 0.15) is 34.1 Å². The van der Waals surface area contributed by atoms with Gasteiger partial charge in [-0.15, -0.1) is 15.7 Å². The molecule has 2 aromatic carbocycles. The SMILES string of the molecule is CCCOOS(=O)(=O)C(C)(C)C.N.O=c1c2ccccc2sc2ccccc12. The highest BCUT2D eigenvalue weighted by Gasteiger charge is 2.31. The third kappa shape index (κ3) is 5.83. The summed E-state index contributed by atoms with van der Waals surface area (Å²) in [4.78, 5) is 16.6. The van der Waals surface area contributed by atoms with Gasteiger partial charge in [0.05, 0.1) is 11.4 Å². The van der Waals surface area contributed by atoms with E-state index < -0.39 is 14.9 Å². The minimum atomic E-state index is -3.59. The molecule has 0 fully saturated rings. The Labute approximate surface area is 169 Å². The van der Waals surface area contributed by atoms with Gasteiger partial charge in [-0.05, 0) is 51.5 Å². The molecule has 0 saturated heterocycles. The van der Waals surface area contributed by atoms with Gasteiger partial charge in [0.25, 0.3) is 10.1 Å². The average Bonchev–Trinajstić information content (AvgIpc) is 2.62. The van der Waals surface area contributed by atoms with E-state index in [-0.39, 0.29) is 18.2 Å². The largest absolute Gasteiger partial charge is 0.344 e. The number of hydrogen-bond acceptors (Lipinski definition) is 7. The lowest BCUT2D eigenvalue weighted by atomic mass is 10.2. The van der Waals surface area contributed by atoms with Gasteiger partial charge in [0.1, 0.15) is 0 Å². The molecule has 0 amide bonds. The van der Waals surface area contributed by atoms with E-state index in [4.69, 9.17) is 0 Å². The van der Waals surface area contributed by atoms with Crippen molar-refractivity contribution in [1.82, 2.24) is 6.15 Å². The highest BCUT2D eigenvalue weighted by molar-refractivity contribution is 7.88. The summed E-state index contributed by atoms with van der Waals surface area (Å²) in [6.45, 7) is 6.81. The second-order valence-electron chi connectivity index (χ2n) is 6.88. The average molecular weight is 426 g/mol. The molecule has 0 aliphatic rings. The van der Waals surface area contributed by atoms with Crippen molar-refractivity contribution in [3.05, 3.63) is 58.8 Å². The molecule has 154 valence electrons. The maximum Gasteiger partial charge on any atom is 0.298 e. The maximum absolute atomic E-state index is 12.1. The second-order valence-corrected chi connectivity index (χ2v) is 10.2. The van der Waals surface area contributed by atoms with E-state index in [9.17, 15) is 13.2 Å². The molecule has 0 atom stereocenters. The summed E-state index contributed by atoms with van der Waals surface area (Å²) in [7, 11) is -3.59. The van der Waals surface area contributed by atoms with Crippen molar-refractivity contribution in [2.75, 3.05) is 6.61 Å². The van der Waals surface area contributed by atoms with Crippen LogP contribution < -0.4 is 11.6 Å².